The predicted octanol–water partition coefficient (Wildman–Crippen LogP) is 3.42. The van der Waals surface area contributed by atoms with Gasteiger partial charge in [0.15, 0.2) is 5.82 Å². The van der Waals surface area contributed by atoms with Crippen molar-refractivity contribution in [1.82, 2.24) is 10.2 Å². The van der Waals surface area contributed by atoms with E-state index in [4.69, 9.17) is 5.26 Å². The summed E-state index contributed by atoms with van der Waals surface area (Å²) in [6.45, 7) is 6.05. The molecule has 1 aromatic heterocycles. The Morgan fingerprint density at radius 1 is 1.09 bits per heavy atom. The summed E-state index contributed by atoms with van der Waals surface area (Å²) >= 11 is 0. The van der Waals surface area contributed by atoms with E-state index in [0.29, 0.717) is 0 Å². The van der Waals surface area contributed by atoms with Gasteiger partial charge in [-0.15, -0.1) is 5.10 Å². The Morgan fingerprint density at radius 2 is 1.78 bits per heavy atom. The maximum atomic E-state index is 9.03. The van der Waals surface area contributed by atoms with Gasteiger partial charge in [-0.25, -0.2) is 0 Å². The molecule has 4 heteroatoms. The van der Waals surface area contributed by atoms with Crippen LogP contribution >= 0.6 is 0 Å². The number of benzene rings is 1. The van der Waals surface area contributed by atoms with E-state index in [2.05, 4.69) is 59.3 Å². The van der Waals surface area contributed by atoms with Crippen LogP contribution in [0.15, 0.2) is 30.3 Å². The van der Waals surface area contributed by atoms with Crippen LogP contribution in [0.25, 0.3) is 0 Å². The highest BCUT2D eigenvalue weighted by atomic mass is 15.3. The van der Waals surface area contributed by atoms with Crippen molar-refractivity contribution < 1.29 is 0 Å². The van der Waals surface area contributed by atoms with E-state index in [1.54, 1.807) is 0 Å². The average Bonchev–Trinajstić information content (AvgIpc) is 2.60. The van der Waals surface area contributed by atoms with E-state index in [-0.39, 0.29) is 5.92 Å². The number of nitrogens with zero attached hydrogens (tertiary/aromatic N) is 4. The number of piperidine rings is 1. The predicted molar refractivity (Wildman–Crippen MR) is 91.3 cm³/mol. The molecule has 0 amide bonds. The number of aromatic nitrogens is 2. The SMILES string of the molecule is Cc1c(Cc2ccccc2)nnc(N2CCC(C#N)CC2)c1C. The molecule has 0 bridgehead atoms. The number of rotatable bonds is 3. The van der Waals surface area contributed by atoms with Crippen LogP contribution in [0.3, 0.4) is 0 Å². The van der Waals surface area contributed by atoms with Crippen LogP contribution in [-0.4, -0.2) is 23.3 Å². The first kappa shape index (κ1) is 15.5. The molecule has 3 rings (SSSR count). The monoisotopic (exact) mass is 306 g/mol. The van der Waals surface area contributed by atoms with E-state index in [9.17, 15) is 0 Å². The lowest BCUT2D eigenvalue weighted by molar-refractivity contribution is 0.483. The third kappa shape index (κ3) is 3.34. The molecule has 1 saturated heterocycles. The zero-order valence-corrected chi connectivity index (χ0v) is 13.8. The maximum Gasteiger partial charge on any atom is 0.154 e. The lowest BCUT2D eigenvalue weighted by Crippen LogP contribution is -2.34. The first-order valence-electron chi connectivity index (χ1n) is 8.20. The molecule has 0 N–H and O–H groups in total. The van der Waals surface area contributed by atoms with Crippen molar-refractivity contribution in [3.8, 4) is 6.07 Å². The van der Waals surface area contributed by atoms with Gasteiger partial charge in [-0.2, -0.15) is 10.4 Å². The van der Waals surface area contributed by atoms with Gasteiger partial charge in [0.1, 0.15) is 0 Å². The molecule has 0 aliphatic carbocycles. The molecule has 0 saturated carbocycles. The molecule has 4 nitrogen and oxygen atoms in total. The zero-order chi connectivity index (χ0) is 16.2. The van der Waals surface area contributed by atoms with Gasteiger partial charge >= 0.3 is 0 Å². The minimum absolute atomic E-state index is 0.193. The Kier molecular flexibility index (Phi) is 4.57. The van der Waals surface area contributed by atoms with Gasteiger partial charge in [0.05, 0.1) is 11.8 Å². The second-order valence-corrected chi connectivity index (χ2v) is 6.27. The molecule has 23 heavy (non-hydrogen) atoms. The third-order valence-corrected chi connectivity index (χ3v) is 4.79. The fourth-order valence-electron chi connectivity index (χ4n) is 3.12. The highest BCUT2D eigenvalue weighted by Gasteiger charge is 2.22. The second-order valence-electron chi connectivity index (χ2n) is 6.27. The lowest BCUT2D eigenvalue weighted by atomic mass is 9.97. The van der Waals surface area contributed by atoms with Gasteiger partial charge in [-0.1, -0.05) is 30.3 Å². The molecule has 1 fully saturated rings. The van der Waals surface area contributed by atoms with E-state index in [0.717, 1.165) is 43.9 Å². The average molecular weight is 306 g/mol. The number of nitriles is 1. The van der Waals surface area contributed by atoms with Crippen LogP contribution in [0.5, 0.6) is 0 Å². The Labute approximate surface area is 137 Å². The van der Waals surface area contributed by atoms with Crippen molar-refractivity contribution in [3.63, 3.8) is 0 Å². The smallest absolute Gasteiger partial charge is 0.154 e. The first-order valence-corrected chi connectivity index (χ1v) is 8.20. The van der Waals surface area contributed by atoms with Gasteiger partial charge in [0.2, 0.25) is 0 Å². The van der Waals surface area contributed by atoms with Gasteiger partial charge < -0.3 is 4.90 Å². The van der Waals surface area contributed by atoms with Crippen LogP contribution in [0.4, 0.5) is 5.82 Å². The number of anilines is 1. The van der Waals surface area contributed by atoms with Crippen LogP contribution in [-0.2, 0) is 6.42 Å². The number of hydrogen-bond donors (Lipinski definition) is 0. The summed E-state index contributed by atoms with van der Waals surface area (Å²) in [5.41, 5.74) is 4.74. The standard InChI is InChI=1S/C19H22N4/c1-14-15(2)19(23-10-8-17(13-20)9-11-23)22-21-18(14)12-16-6-4-3-5-7-16/h3-7,17H,8-12H2,1-2H3. The number of hydrogen-bond acceptors (Lipinski definition) is 4. The van der Waals surface area contributed by atoms with Gasteiger partial charge in [0, 0.05) is 25.4 Å². The molecular weight excluding hydrogens is 284 g/mol. The molecular formula is C19H22N4. The molecule has 1 aromatic carbocycles. The normalized spacial score (nSPS) is 15.4. The molecule has 118 valence electrons. The van der Waals surface area contributed by atoms with Crippen LogP contribution in [0.1, 0.15) is 35.2 Å². The highest BCUT2D eigenvalue weighted by Crippen LogP contribution is 2.26. The molecule has 0 atom stereocenters. The Morgan fingerprint density at radius 3 is 2.43 bits per heavy atom. The first-order chi connectivity index (χ1) is 11.2. The van der Waals surface area contributed by atoms with E-state index >= 15 is 0 Å². The van der Waals surface area contributed by atoms with Crippen LogP contribution < -0.4 is 4.90 Å². The summed E-state index contributed by atoms with van der Waals surface area (Å²) in [5.74, 6) is 1.17. The summed E-state index contributed by atoms with van der Waals surface area (Å²) in [5, 5.41) is 18.0. The van der Waals surface area contributed by atoms with Crippen molar-refractivity contribution in [1.29, 1.82) is 5.26 Å². The molecule has 0 radical (unpaired) electrons. The maximum absolute atomic E-state index is 9.03. The minimum atomic E-state index is 0.193. The molecule has 2 heterocycles. The summed E-state index contributed by atoms with van der Waals surface area (Å²) in [7, 11) is 0. The summed E-state index contributed by atoms with van der Waals surface area (Å²) in [6.07, 6.45) is 2.65. The molecule has 0 spiro atoms. The summed E-state index contributed by atoms with van der Waals surface area (Å²) in [4.78, 5) is 2.27. The Balaban J connectivity index is 1.80. The summed E-state index contributed by atoms with van der Waals surface area (Å²) in [6, 6.07) is 12.8. The molecule has 0 unspecified atom stereocenters. The molecule has 1 aliphatic rings. The minimum Gasteiger partial charge on any atom is -0.355 e. The van der Waals surface area contributed by atoms with Crippen molar-refractivity contribution in [3.05, 3.63) is 52.7 Å². The lowest BCUT2D eigenvalue weighted by Gasteiger charge is -2.31. The van der Waals surface area contributed by atoms with Crippen LogP contribution in [0.2, 0.25) is 0 Å². The van der Waals surface area contributed by atoms with Crippen molar-refractivity contribution in [2.24, 2.45) is 5.92 Å². The highest BCUT2D eigenvalue weighted by molar-refractivity contribution is 5.50. The van der Waals surface area contributed by atoms with Crippen molar-refractivity contribution in [2.75, 3.05) is 18.0 Å². The second kappa shape index (κ2) is 6.78. The Hall–Kier alpha value is -2.41. The van der Waals surface area contributed by atoms with Gasteiger partial charge in [-0.05, 0) is 43.4 Å². The van der Waals surface area contributed by atoms with Crippen molar-refractivity contribution in [2.45, 2.75) is 33.1 Å². The van der Waals surface area contributed by atoms with Crippen molar-refractivity contribution >= 4 is 5.82 Å². The largest absolute Gasteiger partial charge is 0.355 e. The quantitative estimate of drug-likeness (QED) is 0.872. The summed E-state index contributed by atoms with van der Waals surface area (Å²) < 4.78 is 0. The fourth-order valence-corrected chi connectivity index (χ4v) is 3.12. The topological polar surface area (TPSA) is 52.8 Å². The van der Waals surface area contributed by atoms with E-state index < -0.39 is 0 Å². The molecule has 2 aromatic rings. The third-order valence-electron chi connectivity index (χ3n) is 4.79. The fraction of sp³-hybridized carbons (Fsp3) is 0.421. The molecule has 1 aliphatic heterocycles. The van der Waals surface area contributed by atoms with Crippen LogP contribution in [0, 0.1) is 31.1 Å². The van der Waals surface area contributed by atoms with E-state index in [1.807, 2.05) is 6.07 Å². The van der Waals surface area contributed by atoms with E-state index in [1.165, 1.54) is 16.7 Å². The van der Waals surface area contributed by atoms with Gasteiger partial charge in [0.25, 0.3) is 0 Å². The zero-order valence-electron chi connectivity index (χ0n) is 13.8. The van der Waals surface area contributed by atoms with Gasteiger partial charge in [-0.3, -0.25) is 0 Å². The Bertz CT molecular complexity index is 710.